The van der Waals surface area contributed by atoms with Gasteiger partial charge in [-0.15, -0.1) is 0 Å². The van der Waals surface area contributed by atoms with Crippen LogP contribution in [0.25, 0.3) is 0 Å². The Kier molecular flexibility index (Phi) is 2.45. The molecule has 0 aromatic carbocycles. The first-order valence-electron chi connectivity index (χ1n) is 4.74. The summed E-state index contributed by atoms with van der Waals surface area (Å²) >= 11 is 0. The monoisotopic (exact) mass is 177 g/mol. The molecule has 1 aromatic rings. The summed E-state index contributed by atoms with van der Waals surface area (Å²) in [5.41, 5.74) is 1.22. The third kappa shape index (κ3) is 1.98. The van der Waals surface area contributed by atoms with Gasteiger partial charge in [-0.05, 0) is 18.6 Å². The molecule has 1 saturated heterocycles. The molecule has 13 heavy (non-hydrogen) atoms. The van der Waals surface area contributed by atoms with Crippen LogP contribution in [0.4, 0.5) is 5.82 Å². The van der Waals surface area contributed by atoms with E-state index in [-0.39, 0.29) is 0 Å². The van der Waals surface area contributed by atoms with Gasteiger partial charge in [-0.1, -0.05) is 6.07 Å². The molecule has 0 spiro atoms. The van der Waals surface area contributed by atoms with Crippen molar-refractivity contribution < 1.29 is 0 Å². The molecule has 1 aliphatic rings. The van der Waals surface area contributed by atoms with Gasteiger partial charge in [-0.25, -0.2) is 4.98 Å². The predicted molar refractivity (Wildman–Crippen MR) is 54.1 cm³/mol. The lowest BCUT2D eigenvalue weighted by molar-refractivity contribution is 0.585. The topological polar surface area (TPSA) is 28.2 Å². The van der Waals surface area contributed by atoms with E-state index in [0.717, 1.165) is 32.0 Å². The van der Waals surface area contributed by atoms with Crippen LogP contribution in [0.1, 0.15) is 5.56 Å². The van der Waals surface area contributed by atoms with Crippen LogP contribution in [0.3, 0.4) is 0 Å². The van der Waals surface area contributed by atoms with E-state index in [1.54, 1.807) is 0 Å². The van der Waals surface area contributed by atoms with Crippen molar-refractivity contribution >= 4 is 5.82 Å². The first-order valence-corrected chi connectivity index (χ1v) is 4.74. The highest BCUT2D eigenvalue weighted by Gasteiger charge is 2.10. The first-order chi connectivity index (χ1) is 6.36. The molecule has 0 atom stereocenters. The molecule has 1 fully saturated rings. The lowest BCUT2D eigenvalue weighted by Crippen LogP contribution is -2.43. The quantitative estimate of drug-likeness (QED) is 0.687. The molecule has 1 aliphatic heterocycles. The average molecular weight is 177 g/mol. The minimum Gasteiger partial charge on any atom is -0.354 e. The summed E-state index contributed by atoms with van der Waals surface area (Å²) in [6.45, 7) is 6.33. The molecule has 0 radical (unpaired) electrons. The van der Waals surface area contributed by atoms with E-state index in [2.05, 4.69) is 34.3 Å². The number of aromatic nitrogens is 1. The Morgan fingerprint density at radius 1 is 1.31 bits per heavy atom. The smallest absolute Gasteiger partial charge is 0.128 e. The van der Waals surface area contributed by atoms with Crippen LogP contribution in [0, 0.1) is 6.92 Å². The molecule has 0 bridgehead atoms. The van der Waals surface area contributed by atoms with E-state index in [1.165, 1.54) is 5.56 Å². The highest BCUT2D eigenvalue weighted by atomic mass is 15.2. The van der Waals surface area contributed by atoms with Gasteiger partial charge in [0.1, 0.15) is 5.82 Å². The molecule has 2 heterocycles. The predicted octanol–water partition coefficient (Wildman–Crippen LogP) is 0.800. The van der Waals surface area contributed by atoms with Crippen LogP contribution in [0.2, 0.25) is 0 Å². The van der Waals surface area contributed by atoms with Crippen molar-refractivity contribution in [1.82, 2.24) is 10.3 Å². The van der Waals surface area contributed by atoms with E-state index in [1.807, 2.05) is 6.20 Å². The van der Waals surface area contributed by atoms with Gasteiger partial charge >= 0.3 is 0 Å². The first kappa shape index (κ1) is 8.51. The number of anilines is 1. The molecule has 3 nitrogen and oxygen atoms in total. The van der Waals surface area contributed by atoms with Crippen LogP contribution in [0.15, 0.2) is 18.3 Å². The molecule has 70 valence electrons. The Labute approximate surface area is 78.8 Å². The summed E-state index contributed by atoms with van der Waals surface area (Å²) < 4.78 is 0. The molecule has 0 amide bonds. The van der Waals surface area contributed by atoms with Crippen molar-refractivity contribution in [3.05, 3.63) is 23.9 Å². The summed E-state index contributed by atoms with van der Waals surface area (Å²) in [4.78, 5) is 6.72. The number of hydrogen-bond acceptors (Lipinski definition) is 3. The largest absolute Gasteiger partial charge is 0.354 e. The maximum absolute atomic E-state index is 4.40. The summed E-state index contributed by atoms with van der Waals surface area (Å²) in [6, 6.07) is 4.21. The lowest BCUT2D eigenvalue weighted by Gasteiger charge is -2.28. The van der Waals surface area contributed by atoms with Crippen LogP contribution >= 0.6 is 0 Å². The van der Waals surface area contributed by atoms with Crippen molar-refractivity contribution in [2.24, 2.45) is 0 Å². The summed E-state index contributed by atoms with van der Waals surface area (Å²) in [5.74, 6) is 1.10. The number of aryl methyl sites for hydroxylation is 1. The summed E-state index contributed by atoms with van der Waals surface area (Å²) in [5, 5.41) is 3.33. The van der Waals surface area contributed by atoms with Gasteiger partial charge < -0.3 is 10.2 Å². The fourth-order valence-electron chi connectivity index (χ4n) is 1.54. The van der Waals surface area contributed by atoms with E-state index in [4.69, 9.17) is 0 Å². The van der Waals surface area contributed by atoms with E-state index in [0.29, 0.717) is 0 Å². The Morgan fingerprint density at radius 2 is 2.08 bits per heavy atom. The van der Waals surface area contributed by atoms with Crippen molar-refractivity contribution in [3.8, 4) is 0 Å². The second kappa shape index (κ2) is 3.75. The number of nitrogens with zero attached hydrogens (tertiary/aromatic N) is 2. The third-order valence-electron chi connectivity index (χ3n) is 2.34. The third-order valence-corrected chi connectivity index (χ3v) is 2.34. The van der Waals surface area contributed by atoms with E-state index >= 15 is 0 Å². The normalized spacial score (nSPS) is 17.5. The van der Waals surface area contributed by atoms with Crippen LogP contribution in [-0.4, -0.2) is 31.2 Å². The standard InChI is InChI=1S/C10H15N3/c1-9-2-3-10(12-8-9)13-6-4-11-5-7-13/h2-3,8,11H,4-7H2,1H3. The van der Waals surface area contributed by atoms with Crippen LogP contribution < -0.4 is 10.2 Å². The fraction of sp³-hybridized carbons (Fsp3) is 0.500. The molecule has 3 heteroatoms. The molecular weight excluding hydrogens is 162 g/mol. The van der Waals surface area contributed by atoms with Crippen LogP contribution in [-0.2, 0) is 0 Å². The highest BCUT2D eigenvalue weighted by molar-refractivity contribution is 5.39. The summed E-state index contributed by atoms with van der Waals surface area (Å²) in [7, 11) is 0. The maximum Gasteiger partial charge on any atom is 0.128 e. The number of nitrogens with one attached hydrogen (secondary N) is 1. The van der Waals surface area contributed by atoms with Gasteiger partial charge in [0.25, 0.3) is 0 Å². The number of rotatable bonds is 1. The zero-order chi connectivity index (χ0) is 9.10. The molecule has 1 aromatic heterocycles. The zero-order valence-corrected chi connectivity index (χ0v) is 7.95. The fourth-order valence-corrected chi connectivity index (χ4v) is 1.54. The number of pyridine rings is 1. The van der Waals surface area contributed by atoms with Crippen molar-refractivity contribution in [2.75, 3.05) is 31.1 Å². The Balaban J connectivity index is 2.10. The van der Waals surface area contributed by atoms with Gasteiger partial charge in [-0.2, -0.15) is 0 Å². The Morgan fingerprint density at radius 3 is 2.69 bits per heavy atom. The van der Waals surface area contributed by atoms with Gasteiger partial charge in [-0.3, -0.25) is 0 Å². The average Bonchev–Trinajstić information content (AvgIpc) is 2.20. The Hall–Kier alpha value is -1.09. The van der Waals surface area contributed by atoms with Gasteiger partial charge in [0.15, 0.2) is 0 Å². The van der Waals surface area contributed by atoms with Gasteiger partial charge in [0, 0.05) is 32.4 Å². The second-order valence-electron chi connectivity index (χ2n) is 3.43. The molecule has 0 saturated carbocycles. The molecule has 0 unspecified atom stereocenters. The maximum atomic E-state index is 4.40. The minimum atomic E-state index is 1.07. The number of hydrogen-bond donors (Lipinski definition) is 1. The van der Waals surface area contributed by atoms with E-state index in [9.17, 15) is 0 Å². The molecule has 1 N–H and O–H groups in total. The summed E-state index contributed by atoms with van der Waals surface area (Å²) in [6.07, 6.45) is 1.93. The lowest BCUT2D eigenvalue weighted by atomic mass is 10.3. The van der Waals surface area contributed by atoms with Crippen molar-refractivity contribution in [3.63, 3.8) is 0 Å². The van der Waals surface area contributed by atoms with Gasteiger partial charge in [0.05, 0.1) is 0 Å². The number of piperazine rings is 1. The zero-order valence-electron chi connectivity index (χ0n) is 7.95. The van der Waals surface area contributed by atoms with Crippen molar-refractivity contribution in [2.45, 2.75) is 6.92 Å². The van der Waals surface area contributed by atoms with Crippen LogP contribution in [0.5, 0.6) is 0 Å². The molecule has 0 aliphatic carbocycles. The molecular formula is C10H15N3. The highest BCUT2D eigenvalue weighted by Crippen LogP contribution is 2.10. The second-order valence-corrected chi connectivity index (χ2v) is 3.43. The van der Waals surface area contributed by atoms with Gasteiger partial charge in [0.2, 0.25) is 0 Å². The molecule has 2 rings (SSSR count). The van der Waals surface area contributed by atoms with Crippen molar-refractivity contribution in [1.29, 1.82) is 0 Å². The SMILES string of the molecule is Cc1ccc(N2CCNCC2)nc1. The minimum absolute atomic E-state index is 1.07. The Bertz CT molecular complexity index is 262. The van der Waals surface area contributed by atoms with E-state index < -0.39 is 0 Å².